The minimum absolute atomic E-state index is 0.327. The molecule has 1 unspecified atom stereocenters. The molecule has 0 fully saturated rings. The Morgan fingerprint density at radius 3 is 2.43 bits per heavy atom. The SMILES string of the molecule is CCNC(c1ccc(C)cc1F)c1cc(Cl)c(Br)cc1F. The molecular formula is C16H15BrClF2N. The molecule has 0 heterocycles. The summed E-state index contributed by atoms with van der Waals surface area (Å²) in [4.78, 5) is 0. The van der Waals surface area contributed by atoms with Crippen molar-refractivity contribution >= 4 is 27.5 Å². The van der Waals surface area contributed by atoms with Gasteiger partial charge in [-0.15, -0.1) is 0 Å². The first-order chi connectivity index (χ1) is 9.93. The Hall–Kier alpha value is -0.970. The van der Waals surface area contributed by atoms with Crippen molar-refractivity contribution in [1.82, 2.24) is 5.32 Å². The van der Waals surface area contributed by atoms with Gasteiger partial charge in [0.05, 0.1) is 11.1 Å². The molecule has 0 bridgehead atoms. The molecule has 21 heavy (non-hydrogen) atoms. The number of rotatable bonds is 4. The smallest absolute Gasteiger partial charge is 0.129 e. The highest BCUT2D eigenvalue weighted by Gasteiger charge is 2.21. The standard InChI is InChI=1S/C16H15BrClF2N/c1-3-21-16(10-5-4-9(2)6-14(10)19)11-7-13(18)12(17)8-15(11)20/h4-8,16,21H,3H2,1-2H3. The van der Waals surface area contributed by atoms with Crippen LogP contribution in [0.4, 0.5) is 8.78 Å². The largest absolute Gasteiger partial charge is 0.306 e. The maximum absolute atomic E-state index is 14.2. The van der Waals surface area contributed by atoms with Gasteiger partial charge in [0.2, 0.25) is 0 Å². The van der Waals surface area contributed by atoms with Gasteiger partial charge in [-0.2, -0.15) is 0 Å². The van der Waals surface area contributed by atoms with Crippen molar-refractivity contribution in [3.05, 3.63) is 68.2 Å². The molecule has 0 spiro atoms. The van der Waals surface area contributed by atoms with Gasteiger partial charge in [-0.1, -0.05) is 30.7 Å². The van der Waals surface area contributed by atoms with E-state index < -0.39 is 11.9 Å². The van der Waals surface area contributed by atoms with Crippen molar-refractivity contribution < 1.29 is 8.78 Å². The van der Waals surface area contributed by atoms with Gasteiger partial charge in [0, 0.05) is 15.6 Å². The number of benzene rings is 2. The van der Waals surface area contributed by atoms with E-state index in [0.29, 0.717) is 27.2 Å². The Balaban J connectivity index is 2.55. The Bertz CT molecular complexity index is 661. The number of hydrogen-bond donors (Lipinski definition) is 1. The third kappa shape index (κ3) is 3.62. The fourth-order valence-electron chi connectivity index (χ4n) is 2.22. The molecule has 2 rings (SSSR count). The van der Waals surface area contributed by atoms with E-state index in [4.69, 9.17) is 11.6 Å². The van der Waals surface area contributed by atoms with Crippen molar-refractivity contribution in [2.45, 2.75) is 19.9 Å². The molecular weight excluding hydrogens is 360 g/mol. The van der Waals surface area contributed by atoms with Gasteiger partial charge in [0.1, 0.15) is 11.6 Å². The average molecular weight is 375 g/mol. The van der Waals surface area contributed by atoms with E-state index in [2.05, 4.69) is 21.2 Å². The minimum Gasteiger partial charge on any atom is -0.306 e. The Morgan fingerprint density at radius 1 is 1.14 bits per heavy atom. The van der Waals surface area contributed by atoms with E-state index in [1.807, 2.05) is 13.8 Å². The average Bonchev–Trinajstić information content (AvgIpc) is 2.41. The lowest BCUT2D eigenvalue weighted by Gasteiger charge is -2.21. The topological polar surface area (TPSA) is 12.0 Å². The fraction of sp³-hybridized carbons (Fsp3) is 0.250. The zero-order valence-electron chi connectivity index (χ0n) is 11.7. The highest BCUT2D eigenvalue weighted by atomic mass is 79.9. The van der Waals surface area contributed by atoms with Crippen LogP contribution in [0.25, 0.3) is 0 Å². The minimum atomic E-state index is -0.582. The van der Waals surface area contributed by atoms with Gasteiger partial charge in [0.15, 0.2) is 0 Å². The van der Waals surface area contributed by atoms with E-state index in [1.54, 1.807) is 12.1 Å². The molecule has 0 saturated heterocycles. The van der Waals surface area contributed by atoms with E-state index in [1.165, 1.54) is 18.2 Å². The lowest BCUT2D eigenvalue weighted by molar-refractivity contribution is 0.530. The predicted molar refractivity (Wildman–Crippen MR) is 85.8 cm³/mol. The highest BCUT2D eigenvalue weighted by molar-refractivity contribution is 9.10. The Labute approximate surface area is 136 Å². The van der Waals surface area contributed by atoms with Crippen molar-refractivity contribution in [1.29, 1.82) is 0 Å². The van der Waals surface area contributed by atoms with Crippen LogP contribution in [0.1, 0.15) is 29.7 Å². The highest BCUT2D eigenvalue weighted by Crippen LogP contribution is 2.32. The number of nitrogens with one attached hydrogen (secondary N) is 1. The van der Waals surface area contributed by atoms with Crippen LogP contribution in [0.15, 0.2) is 34.8 Å². The van der Waals surface area contributed by atoms with E-state index >= 15 is 0 Å². The second-order valence-electron chi connectivity index (χ2n) is 4.80. The Morgan fingerprint density at radius 2 is 1.81 bits per heavy atom. The van der Waals surface area contributed by atoms with Crippen LogP contribution >= 0.6 is 27.5 Å². The zero-order chi connectivity index (χ0) is 15.6. The fourth-order valence-corrected chi connectivity index (χ4v) is 2.70. The molecule has 0 aliphatic carbocycles. The molecule has 0 amide bonds. The molecule has 1 atom stereocenters. The predicted octanol–water partition coefficient (Wildman–Crippen LogP) is 5.39. The molecule has 1 N–H and O–H groups in total. The summed E-state index contributed by atoms with van der Waals surface area (Å²) in [5, 5.41) is 3.50. The summed E-state index contributed by atoms with van der Waals surface area (Å²) in [7, 11) is 0. The molecule has 0 aliphatic heterocycles. The van der Waals surface area contributed by atoms with Crippen LogP contribution in [0, 0.1) is 18.6 Å². The lowest BCUT2D eigenvalue weighted by atomic mass is 9.96. The first kappa shape index (κ1) is 16.4. The molecule has 0 aromatic heterocycles. The van der Waals surface area contributed by atoms with Crippen LogP contribution < -0.4 is 5.32 Å². The van der Waals surface area contributed by atoms with Gasteiger partial charge in [-0.05, 0) is 53.2 Å². The summed E-state index contributed by atoms with van der Waals surface area (Å²) < 4.78 is 28.9. The molecule has 0 aliphatic rings. The van der Waals surface area contributed by atoms with E-state index in [-0.39, 0.29) is 5.82 Å². The second-order valence-corrected chi connectivity index (χ2v) is 6.07. The van der Waals surface area contributed by atoms with Gasteiger partial charge >= 0.3 is 0 Å². The number of halogens is 4. The Kier molecular flexibility index (Phi) is 5.36. The summed E-state index contributed by atoms with van der Waals surface area (Å²) >= 11 is 9.23. The quantitative estimate of drug-likeness (QED) is 0.708. The second kappa shape index (κ2) is 6.86. The van der Waals surface area contributed by atoms with Crippen LogP contribution in [-0.2, 0) is 0 Å². The van der Waals surface area contributed by atoms with Crippen molar-refractivity contribution in [2.75, 3.05) is 6.54 Å². The van der Waals surface area contributed by atoms with Crippen molar-refractivity contribution in [2.24, 2.45) is 0 Å². The molecule has 5 heteroatoms. The summed E-state index contributed by atoms with van der Waals surface area (Å²) in [5.41, 5.74) is 1.55. The van der Waals surface area contributed by atoms with Crippen LogP contribution in [-0.4, -0.2) is 6.54 Å². The maximum Gasteiger partial charge on any atom is 0.129 e. The summed E-state index contributed by atoms with van der Waals surface area (Å²) in [6.07, 6.45) is 0. The van der Waals surface area contributed by atoms with Crippen molar-refractivity contribution in [3.63, 3.8) is 0 Å². The summed E-state index contributed by atoms with van der Waals surface area (Å²) in [5.74, 6) is -0.795. The number of aryl methyl sites for hydroxylation is 1. The van der Waals surface area contributed by atoms with Gasteiger partial charge in [-0.25, -0.2) is 8.78 Å². The van der Waals surface area contributed by atoms with E-state index in [9.17, 15) is 8.78 Å². The summed E-state index contributed by atoms with van der Waals surface area (Å²) in [6.45, 7) is 4.27. The third-order valence-electron chi connectivity index (χ3n) is 3.23. The maximum atomic E-state index is 14.2. The van der Waals surface area contributed by atoms with Gasteiger partial charge in [-0.3, -0.25) is 0 Å². The molecule has 112 valence electrons. The number of hydrogen-bond acceptors (Lipinski definition) is 1. The molecule has 0 saturated carbocycles. The van der Waals surface area contributed by atoms with Crippen LogP contribution in [0.2, 0.25) is 5.02 Å². The summed E-state index contributed by atoms with van der Waals surface area (Å²) in [6, 6.07) is 7.16. The van der Waals surface area contributed by atoms with Gasteiger partial charge < -0.3 is 5.32 Å². The normalized spacial score (nSPS) is 12.5. The molecule has 2 aromatic carbocycles. The van der Waals surface area contributed by atoms with Crippen LogP contribution in [0.5, 0.6) is 0 Å². The van der Waals surface area contributed by atoms with E-state index in [0.717, 1.165) is 5.56 Å². The first-order valence-electron chi connectivity index (χ1n) is 6.58. The lowest BCUT2D eigenvalue weighted by Crippen LogP contribution is -2.24. The van der Waals surface area contributed by atoms with Crippen LogP contribution in [0.3, 0.4) is 0 Å². The molecule has 2 aromatic rings. The first-order valence-corrected chi connectivity index (χ1v) is 7.75. The van der Waals surface area contributed by atoms with Gasteiger partial charge in [0.25, 0.3) is 0 Å². The molecule has 0 radical (unpaired) electrons. The monoisotopic (exact) mass is 373 g/mol. The molecule has 1 nitrogen and oxygen atoms in total. The van der Waals surface area contributed by atoms with Crippen molar-refractivity contribution in [3.8, 4) is 0 Å². The third-order valence-corrected chi connectivity index (χ3v) is 4.42. The zero-order valence-corrected chi connectivity index (χ0v) is 14.0.